The molecule has 1 unspecified atom stereocenters. The standard InChI is InChI=1S/C18H23N3O3/c1-3-16-19-18(24-20-16)14-7-5-9-21(11-14)17(22)12-23-15-8-4-6-13(2)10-15/h4,6,8,10,14H,3,5,7,9,11-12H2,1-2H3. The quantitative estimate of drug-likeness (QED) is 0.843. The molecule has 0 saturated carbocycles. The van der Waals surface area contributed by atoms with Crippen LogP contribution in [0.5, 0.6) is 5.75 Å². The molecule has 6 heteroatoms. The Morgan fingerprint density at radius 3 is 3.08 bits per heavy atom. The highest BCUT2D eigenvalue weighted by atomic mass is 16.5. The van der Waals surface area contributed by atoms with Crippen molar-refractivity contribution in [2.75, 3.05) is 19.7 Å². The molecule has 0 bridgehead atoms. The van der Waals surface area contributed by atoms with Crippen LogP contribution in [0, 0.1) is 6.92 Å². The molecule has 2 heterocycles. The third-order valence-electron chi connectivity index (χ3n) is 4.28. The van der Waals surface area contributed by atoms with E-state index < -0.39 is 0 Å². The van der Waals surface area contributed by atoms with E-state index in [2.05, 4.69) is 10.1 Å². The Morgan fingerprint density at radius 2 is 2.33 bits per heavy atom. The first-order chi connectivity index (χ1) is 11.7. The number of rotatable bonds is 5. The minimum atomic E-state index is -0.00330. The molecule has 3 rings (SSSR count). The minimum Gasteiger partial charge on any atom is -0.484 e. The third kappa shape index (κ3) is 3.93. The van der Waals surface area contributed by atoms with Crippen molar-refractivity contribution in [1.82, 2.24) is 15.0 Å². The van der Waals surface area contributed by atoms with Gasteiger partial charge in [-0.1, -0.05) is 24.2 Å². The number of nitrogens with zero attached hydrogens (tertiary/aromatic N) is 3. The maximum atomic E-state index is 12.4. The molecule has 128 valence electrons. The van der Waals surface area contributed by atoms with Crippen LogP contribution in [-0.4, -0.2) is 40.6 Å². The van der Waals surface area contributed by atoms with E-state index in [0.717, 1.165) is 42.9 Å². The fourth-order valence-corrected chi connectivity index (χ4v) is 2.92. The van der Waals surface area contributed by atoms with Crippen LogP contribution in [0.1, 0.15) is 43.0 Å². The van der Waals surface area contributed by atoms with Gasteiger partial charge in [0.05, 0.1) is 5.92 Å². The second kappa shape index (κ2) is 7.47. The molecule has 0 spiro atoms. The van der Waals surface area contributed by atoms with Crippen LogP contribution in [0.25, 0.3) is 0 Å². The van der Waals surface area contributed by atoms with E-state index >= 15 is 0 Å². The number of hydrogen-bond acceptors (Lipinski definition) is 5. The summed E-state index contributed by atoms with van der Waals surface area (Å²) in [5.41, 5.74) is 1.11. The molecule has 0 radical (unpaired) electrons. The molecule has 6 nitrogen and oxygen atoms in total. The first-order valence-corrected chi connectivity index (χ1v) is 8.45. The van der Waals surface area contributed by atoms with Crippen LogP contribution in [-0.2, 0) is 11.2 Å². The van der Waals surface area contributed by atoms with Gasteiger partial charge in [-0.2, -0.15) is 4.98 Å². The number of amides is 1. The molecule has 2 aromatic rings. The number of aromatic nitrogens is 2. The Morgan fingerprint density at radius 1 is 1.46 bits per heavy atom. The highest BCUT2D eigenvalue weighted by molar-refractivity contribution is 5.78. The summed E-state index contributed by atoms with van der Waals surface area (Å²) in [6.07, 6.45) is 2.65. The van der Waals surface area contributed by atoms with Crippen molar-refractivity contribution >= 4 is 5.91 Å². The summed E-state index contributed by atoms with van der Waals surface area (Å²) < 4.78 is 11.0. The molecule has 0 N–H and O–H groups in total. The van der Waals surface area contributed by atoms with Crippen molar-refractivity contribution in [3.05, 3.63) is 41.5 Å². The molecule has 1 fully saturated rings. The number of carbonyl (C=O) groups is 1. The van der Waals surface area contributed by atoms with E-state index in [1.807, 2.05) is 43.0 Å². The Bertz CT molecular complexity index is 698. The lowest BCUT2D eigenvalue weighted by Crippen LogP contribution is -2.41. The van der Waals surface area contributed by atoms with E-state index in [0.29, 0.717) is 12.4 Å². The average Bonchev–Trinajstić information content (AvgIpc) is 3.09. The largest absolute Gasteiger partial charge is 0.484 e. The normalized spacial score (nSPS) is 17.8. The van der Waals surface area contributed by atoms with Gasteiger partial charge in [-0.15, -0.1) is 0 Å². The molecule has 1 amide bonds. The minimum absolute atomic E-state index is 0.00330. The maximum Gasteiger partial charge on any atom is 0.260 e. The maximum absolute atomic E-state index is 12.4. The Kier molecular flexibility index (Phi) is 5.13. The fourth-order valence-electron chi connectivity index (χ4n) is 2.92. The zero-order valence-electron chi connectivity index (χ0n) is 14.2. The van der Waals surface area contributed by atoms with Gasteiger partial charge in [0.1, 0.15) is 5.75 Å². The summed E-state index contributed by atoms with van der Waals surface area (Å²) in [6, 6.07) is 7.72. The molecule has 1 saturated heterocycles. The van der Waals surface area contributed by atoms with Crippen molar-refractivity contribution < 1.29 is 14.1 Å². The lowest BCUT2D eigenvalue weighted by molar-refractivity contribution is -0.134. The predicted octanol–water partition coefficient (Wildman–Crippen LogP) is 2.73. The predicted molar refractivity (Wildman–Crippen MR) is 88.9 cm³/mol. The van der Waals surface area contributed by atoms with E-state index in [-0.39, 0.29) is 18.4 Å². The lowest BCUT2D eigenvalue weighted by atomic mass is 9.98. The van der Waals surface area contributed by atoms with Crippen LogP contribution in [0.2, 0.25) is 0 Å². The van der Waals surface area contributed by atoms with E-state index in [1.165, 1.54) is 0 Å². The van der Waals surface area contributed by atoms with Gasteiger partial charge in [0.2, 0.25) is 5.89 Å². The topological polar surface area (TPSA) is 68.5 Å². The third-order valence-corrected chi connectivity index (χ3v) is 4.28. The van der Waals surface area contributed by atoms with Crippen LogP contribution < -0.4 is 4.74 Å². The molecule has 1 aromatic carbocycles. The van der Waals surface area contributed by atoms with E-state index in [1.54, 1.807) is 0 Å². The van der Waals surface area contributed by atoms with Crippen molar-refractivity contribution in [2.24, 2.45) is 0 Å². The highest BCUT2D eigenvalue weighted by Gasteiger charge is 2.28. The van der Waals surface area contributed by atoms with Gasteiger partial charge in [-0.3, -0.25) is 4.79 Å². The Labute approximate surface area is 141 Å². The van der Waals surface area contributed by atoms with Gasteiger partial charge < -0.3 is 14.2 Å². The number of benzene rings is 1. The number of ether oxygens (including phenoxy) is 1. The van der Waals surface area contributed by atoms with Crippen molar-refractivity contribution in [2.45, 2.75) is 39.0 Å². The summed E-state index contributed by atoms with van der Waals surface area (Å²) in [5, 5.41) is 3.95. The monoisotopic (exact) mass is 329 g/mol. The summed E-state index contributed by atoms with van der Waals surface area (Å²) in [5.74, 6) is 2.20. The number of piperidine rings is 1. The lowest BCUT2D eigenvalue weighted by Gasteiger charge is -2.31. The molecule has 1 aliphatic rings. The van der Waals surface area contributed by atoms with Crippen molar-refractivity contribution in [1.29, 1.82) is 0 Å². The molecule has 1 aromatic heterocycles. The number of carbonyl (C=O) groups excluding carboxylic acids is 1. The summed E-state index contributed by atoms with van der Waals surface area (Å²) in [7, 11) is 0. The molecule has 0 aliphatic carbocycles. The number of aryl methyl sites for hydroxylation is 2. The van der Waals surface area contributed by atoms with Gasteiger partial charge in [0.15, 0.2) is 12.4 Å². The van der Waals surface area contributed by atoms with Crippen LogP contribution in [0.3, 0.4) is 0 Å². The van der Waals surface area contributed by atoms with Crippen molar-refractivity contribution in [3.8, 4) is 5.75 Å². The first kappa shape index (κ1) is 16.5. The Hall–Kier alpha value is -2.37. The van der Waals surface area contributed by atoms with E-state index in [9.17, 15) is 4.79 Å². The van der Waals surface area contributed by atoms with Gasteiger partial charge in [-0.25, -0.2) is 0 Å². The van der Waals surface area contributed by atoms with E-state index in [4.69, 9.17) is 9.26 Å². The van der Waals surface area contributed by atoms with Gasteiger partial charge >= 0.3 is 0 Å². The Balaban J connectivity index is 1.56. The van der Waals surface area contributed by atoms with Gasteiger partial charge in [0, 0.05) is 19.5 Å². The molecule has 1 atom stereocenters. The zero-order valence-corrected chi connectivity index (χ0v) is 14.2. The van der Waals surface area contributed by atoms with Gasteiger partial charge in [-0.05, 0) is 37.5 Å². The second-order valence-electron chi connectivity index (χ2n) is 6.19. The highest BCUT2D eigenvalue weighted by Crippen LogP contribution is 2.26. The zero-order chi connectivity index (χ0) is 16.9. The summed E-state index contributed by atoms with van der Waals surface area (Å²) in [4.78, 5) is 18.7. The first-order valence-electron chi connectivity index (χ1n) is 8.45. The fraction of sp³-hybridized carbons (Fsp3) is 0.500. The second-order valence-corrected chi connectivity index (χ2v) is 6.19. The summed E-state index contributed by atoms with van der Waals surface area (Å²) in [6.45, 7) is 5.41. The van der Waals surface area contributed by atoms with Crippen molar-refractivity contribution in [3.63, 3.8) is 0 Å². The number of hydrogen-bond donors (Lipinski definition) is 0. The molecule has 1 aliphatic heterocycles. The van der Waals surface area contributed by atoms with Crippen LogP contribution >= 0.6 is 0 Å². The molecular weight excluding hydrogens is 306 g/mol. The molecule has 24 heavy (non-hydrogen) atoms. The molecular formula is C18H23N3O3. The number of likely N-dealkylation sites (tertiary alicyclic amines) is 1. The smallest absolute Gasteiger partial charge is 0.260 e. The van der Waals surface area contributed by atoms with Crippen LogP contribution in [0.15, 0.2) is 28.8 Å². The SMILES string of the molecule is CCc1noc(C2CCCN(C(=O)COc3cccc(C)c3)C2)n1. The van der Waals surface area contributed by atoms with Crippen LogP contribution in [0.4, 0.5) is 0 Å². The summed E-state index contributed by atoms with van der Waals surface area (Å²) >= 11 is 0. The van der Waals surface area contributed by atoms with Gasteiger partial charge in [0.25, 0.3) is 5.91 Å². The average molecular weight is 329 g/mol.